The molecule has 3 amide bonds. The van der Waals surface area contributed by atoms with E-state index in [-0.39, 0.29) is 47.4 Å². The summed E-state index contributed by atoms with van der Waals surface area (Å²) in [6, 6.07) is 23.1. The van der Waals surface area contributed by atoms with Gasteiger partial charge in [0.25, 0.3) is 11.8 Å². The van der Waals surface area contributed by atoms with E-state index < -0.39 is 12.1 Å². The third-order valence-electron chi connectivity index (χ3n) is 8.78. The molecule has 0 bridgehead atoms. The van der Waals surface area contributed by atoms with Gasteiger partial charge in [-0.15, -0.1) is 0 Å². The Hall–Kier alpha value is -4.26. The summed E-state index contributed by atoms with van der Waals surface area (Å²) in [7, 11) is 0. The molecule has 3 aromatic rings. The first-order valence-corrected chi connectivity index (χ1v) is 15.6. The Labute approximate surface area is 260 Å². The van der Waals surface area contributed by atoms with Crippen molar-refractivity contribution in [1.29, 1.82) is 0 Å². The number of ketones is 1. The summed E-state index contributed by atoms with van der Waals surface area (Å²) in [4.78, 5) is 57.8. The van der Waals surface area contributed by atoms with E-state index in [2.05, 4.69) is 26.1 Å². The summed E-state index contributed by atoms with van der Waals surface area (Å²) in [5, 5.41) is 2.96. The second kappa shape index (κ2) is 12.8. The second-order valence-electron chi connectivity index (χ2n) is 13.5. The lowest BCUT2D eigenvalue weighted by molar-refractivity contribution is -0.138. The zero-order valence-corrected chi connectivity index (χ0v) is 26.4. The topological polar surface area (TPSA) is 86.8 Å². The number of carbonyl (C=O) groups is 4. The standard InChI is InChI=1S/C37H43N3O4/c1-24(2)21-30(38-34(42)26-15-17-28(18-16-26)37(3,4)5)36(44)39-20-19-31-33(39)32(41)23-40(31)35(43)29-14-10-9-13-27(29)22-25-11-7-6-8-12-25/h6-18,24,30-31,33H,19-23H2,1-5H3,(H,38,42). The molecule has 5 rings (SSSR count). The number of likely N-dealkylation sites (tertiary alicyclic amines) is 2. The van der Waals surface area contributed by atoms with Crippen LogP contribution in [-0.2, 0) is 21.4 Å². The van der Waals surface area contributed by atoms with Crippen LogP contribution in [0, 0.1) is 5.92 Å². The quantitative estimate of drug-likeness (QED) is 0.378. The maximum absolute atomic E-state index is 14.0. The molecule has 1 N–H and O–H groups in total. The first-order chi connectivity index (χ1) is 20.9. The van der Waals surface area contributed by atoms with Crippen LogP contribution in [0.5, 0.6) is 0 Å². The van der Waals surface area contributed by atoms with Gasteiger partial charge in [-0.05, 0) is 65.5 Å². The highest BCUT2D eigenvalue weighted by atomic mass is 16.2. The molecule has 0 aromatic heterocycles. The van der Waals surface area contributed by atoms with E-state index in [1.54, 1.807) is 21.9 Å². The number of Topliss-reactive ketones (excluding diaryl/α,β-unsaturated/α-hetero) is 1. The monoisotopic (exact) mass is 593 g/mol. The molecule has 44 heavy (non-hydrogen) atoms. The summed E-state index contributed by atoms with van der Waals surface area (Å²) in [6.07, 6.45) is 1.58. The molecule has 2 saturated heterocycles. The lowest BCUT2D eigenvalue weighted by atomic mass is 9.86. The van der Waals surface area contributed by atoms with Gasteiger partial charge in [0.2, 0.25) is 5.91 Å². The molecule has 2 heterocycles. The summed E-state index contributed by atoms with van der Waals surface area (Å²) in [5.41, 5.74) is 4.15. The summed E-state index contributed by atoms with van der Waals surface area (Å²) >= 11 is 0. The average molecular weight is 594 g/mol. The first-order valence-electron chi connectivity index (χ1n) is 15.6. The number of hydrogen-bond donors (Lipinski definition) is 1. The number of nitrogens with one attached hydrogen (secondary N) is 1. The third-order valence-corrected chi connectivity index (χ3v) is 8.78. The van der Waals surface area contributed by atoms with Crippen LogP contribution in [-0.4, -0.2) is 64.5 Å². The van der Waals surface area contributed by atoms with Crippen molar-refractivity contribution in [3.63, 3.8) is 0 Å². The van der Waals surface area contributed by atoms with E-state index in [0.717, 1.165) is 16.7 Å². The van der Waals surface area contributed by atoms with Crippen molar-refractivity contribution in [1.82, 2.24) is 15.1 Å². The molecule has 2 fully saturated rings. The minimum Gasteiger partial charge on any atom is -0.340 e. The molecular weight excluding hydrogens is 550 g/mol. The predicted octanol–water partition coefficient (Wildman–Crippen LogP) is 5.41. The van der Waals surface area contributed by atoms with Gasteiger partial charge in [-0.1, -0.05) is 95.3 Å². The molecule has 0 saturated carbocycles. The zero-order valence-electron chi connectivity index (χ0n) is 26.4. The van der Waals surface area contributed by atoms with Crippen molar-refractivity contribution in [3.8, 4) is 0 Å². The molecule has 2 aliphatic rings. The van der Waals surface area contributed by atoms with Gasteiger partial charge in [-0.25, -0.2) is 0 Å². The van der Waals surface area contributed by atoms with Gasteiger partial charge in [0.15, 0.2) is 5.78 Å². The van der Waals surface area contributed by atoms with Crippen molar-refractivity contribution >= 4 is 23.5 Å². The Bertz CT molecular complexity index is 1520. The van der Waals surface area contributed by atoms with Gasteiger partial charge in [0.05, 0.1) is 12.6 Å². The van der Waals surface area contributed by atoms with E-state index in [4.69, 9.17) is 0 Å². The molecular formula is C37H43N3O4. The van der Waals surface area contributed by atoms with Crippen LogP contribution in [0.25, 0.3) is 0 Å². The number of benzene rings is 3. The Morgan fingerprint density at radius 1 is 0.886 bits per heavy atom. The van der Waals surface area contributed by atoms with Gasteiger partial charge in [-0.3, -0.25) is 19.2 Å². The van der Waals surface area contributed by atoms with Crippen LogP contribution in [0.15, 0.2) is 78.9 Å². The fourth-order valence-electron chi connectivity index (χ4n) is 6.45. The van der Waals surface area contributed by atoms with Crippen molar-refractivity contribution < 1.29 is 19.2 Å². The Morgan fingerprint density at radius 2 is 1.55 bits per heavy atom. The molecule has 3 unspecified atom stereocenters. The number of rotatable bonds is 8. The third kappa shape index (κ3) is 6.62. The zero-order chi connectivity index (χ0) is 31.6. The van der Waals surface area contributed by atoms with Gasteiger partial charge in [-0.2, -0.15) is 0 Å². The number of amides is 3. The Kier molecular flexibility index (Phi) is 9.05. The van der Waals surface area contributed by atoms with Crippen LogP contribution in [0.4, 0.5) is 0 Å². The number of fused-ring (bicyclic) bond motifs is 1. The van der Waals surface area contributed by atoms with E-state index in [1.807, 2.05) is 80.6 Å². The Balaban J connectivity index is 1.32. The SMILES string of the molecule is CC(C)CC(NC(=O)c1ccc(C(C)(C)C)cc1)C(=O)N1CCC2C1C(=O)CN2C(=O)c1ccccc1Cc1ccccc1. The van der Waals surface area contributed by atoms with Crippen LogP contribution >= 0.6 is 0 Å². The summed E-state index contributed by atoms with van der Waals surface area (Å²) < 4.78 is 0. The van der Waals surface area contributed by atoms with Gasteiger partial charge in [0.1, 0.15) is 12.1 Å². The van der Waals surface area contributed by atoms with E-state index >= 15 is 0 Å². The average Bonchev–Trinajstić information content (AvgIpc) is 3.57. The smallest absolute Gasteiger partial charge is 0.254 e. The number of hydrogen-bond acceptors (Lipinski definition) is 4. The molecule has 0 radical (unpaired) electrons. The minimum absolute atomic E-state index is 0.0288. The van der Waals surface area contributed by atoms with E-state index in [0.29, 0.717) is 36.9 Å². The van der Waals surface area contributed by atoms with Crippen LogP contribution in [0.3, 0.4) is 0 Å². The second-order valence-corrected chi connectivity index (χ2v) is 13.5. The highest BCUT2D eigenvalue weighted by Crippen LogP contribution is 2.32. The highest BCUT2D eigenvalue weighted by molar-refractivity contribution is 6.04. The normalized spacial score (nSPS) is 18.8. The van der Waals surface area contributed by atoms with Crippen LogP contribution < -0.4 is 5.32 Å². The minimum atomic E-state index is -0.771. The molecule has 0 aliphatic carbocycles. The van der Waals surface area contributed by atoms with Gasteiger partial charge >= 0.3 is 0 Å². The molecule has 7 heteroatoms. The summed E-state index contributed by atoms with van der Waals surface area (Å²) in [6.45, 7) is 10.7. The number of carbonyl (C=O) groups excluding carboxylic acids is 4. The summed E-state index contributed by atoms with van der Waals surface area (Å²) in [5.74, 6) is -0.758. The molecule has 2 aliphatic heterocycles. The van der Waals surface area contributed by atoms with Crippen molar-refractivity contribution in [2.24, 2.45) is 5.92 Å². The van der Waals surface area contributed by atoms with Crippen molar-refractivity contribution in [2.45, 2.75) is 77.4 Å². The number of nitrogens with zero attached hydrogens (tertiary/aromatic N) is 2. The Morgan fingerprint density at radius 3 is 2.20 bits per heavy atom. The largest absolute Gasteiger partial charge is 0.340 e. The van der Waals surface area contributed by atoms with Crippen molar-refractivity contribution in [2.75, 3.05) is 13.1 Å². The van der Waals surface area contributed by atoms with E-state index in [9.17, 15) is 19.2 Å². The van der Waals surface area contributed by atoms with Crippen molar-refractivity contribution in [3.05, 3.63) is 107 Å². The maximum atomic E-state index is 14.0. The predicted molar refractivity (Wildman–Crippen MR) is 171 cm³/mol. The molecule has 0 spiro atoms. The van der Waals surface area contributed by atoms with Gasteiger partial charge in [0, 0.05) is 17.7 Å². The fourth-order valence-corrected chi connectivity index (χ4v) is 6.45. The molecule has 230 valence electrons. The molecule has 3 aromatic carbocycles. The first kappa shape index (κ1) is 31.2. The highest BCUT2D eigenvalue weighted by Gasteiger charge is 2.52. The van der Waals surface area contributed by atoms with Gasteiger partial charge < -0.3 is 15.1 Å². The fraction of sp³-hybridized carbons (Fsp3) is 0.405. The molecule has 3 atom stereocenters. The lowest BCUT2D eigenvalue weighted by Gasteiger charge is -2.29. The van der Waals surface area contributed by atoms with Crippen LogP contribution in [0.2, 0.25) is 0 Å². The van der Waals surface area contributed by atoms with Crippen LogP contribution in [0.1, 0.15) is 84.9 Å². The lowest BCUT2D eigenvalue weighted by Crippen LogP contribution is -2.53. The van der Waals surface area contributed by atoms with E-state index in [1.165, 1.54) is 0 Å². The molecule has 7 nitrogen and oxygen atoms in total. The maximum Gasteiger partial charge on any atom is 0.254 e.